The molecule has 0 aliphatic heterocycles. The van der Waals surface area contributed by atoms with Gasteiger partial charge in [-0.25, -0.2) is 4.79 Å². The lowest BCUT2D eigenvalue weighted by Crippen LogP contribution is -2.24. The van der Waals surface area contributed by atoms with Gasteiger partial charge < -0.3 is 14.8 Å². The van der Waals surface area contributed by atoms with Gasteiger partial charge in [0.1, 0.15) is 5.75 Å². The van der Waals surface area contributed by atoms with Crippen LogP contribution in [0.3, 0.4) is 0 Å². The molecule has 1 N–H and O–H groups in total. The Bertz CT molecular complexity index is 1130. The molecule has 3 aromatic rings. The predicted octanol–water partition coefficient (Wildman–Crippen LogP) is 4.38. The van der Waals surface area contributed by atoms with Crippen LogP contribution in [0.15, 0.2) is 59.1 Å². The van der Waals surface area contributed by atoms with E-state index in [9.17, 15) is 19.7 Å². The minimum absolute atomic E-state index is 0.151. The Morgan fingerprint density at radius 3 is 2.63 bits per heavy atom. The fraction of sp³-hybridized carbons (Fsp3) is 0.143. The lowest BCUT2D eigenvalue weighted by Gasteiger charge is -2.11. The molecule has 0 unspecified atom stereocenters. The third-order valence-corrected chi connectivity index (χ3v) is 5.06. The molecule has 1 amide bonds. The highest BCUT2D eigenvalue weighted by atomic mass is 79.9. The number of anilines is 1. The Morgan fingerprint density at radius 1 is 1.10 bits per heavy atom. The maximum Gasteiger partial charge on any atom is 0.344 e. The average Bonchev–Trinajstić information content (AvgIpc) is 2.73. The topological polar surface area (TPSA) is 108 Å². The van der Waals surface area contributed by atoms with Gasteiger partial charge in [0.25, 0.3) is 11.6 Å². The fourth-order valence-electron chi connectivity index (χ4n) is 2.69. The number of amides is 1. The molecule has 0 radical (unpaired) electrons. The highest BCUT2D eigenvalue weighted by Gasteiger charge is 2.14. The van der Waals surface area contributed by atoms with Gasteiger partial charge in [-0.05, 0) is 45.3 Å². The predicted molar refractivity (Wildman–Crippen MR) is 115 cm³/mol. The van der Waals surface area contributed by atoms with Crippen LogP contribution in [0.5, 0.6) is 5.75 Å². The van der Waals surface area contributed by atoms with Crippen LogP contribution in [0.2, 0.25) is 0 Å². The van der Waals surface area contributed by atoms with Crippen LogP contribution < -0.4 is 10.1 Å². The third kappa shape index (κ3) is 5.12. The number of non-ortho nitro benzene ring substituents is 1. The van der Waals surface area contributed by atoms with Crippen molar-refractivity contribution in [3.05, 3.63) is 74.7 Å². The van der Waals surface area contributed by atoms with Gasteiger partial charge in [-0.3, -0.25) is 14.9 Å². The monoisotopic (exact) mass is 472 g/mol. The van der Waals surface area contributed by atoms with E-state index in [1.807, 2.05) is 30.3 Å². The van der Waals surface area contributed by atoms with Gasteiger partial charge in [-0.15, -0.1) is 0 Å². The van der Waals surface area contributed by atoms with E-state index in [0.717, 1.165) is 10.8 Å². The van der Waals surface area contributed by atoms with Crippen LogP contribution in [0.4, 0.5) is 11.4 Å². The Hall–Kier alpha value is -3.46. The Kier molecular flexibility index (Phi) is 6.63. The maximum atomic E-state index is 12.0. The van der Waals surface area contributed by atoms with Crippen molar-refractivity contribution in [1.82, 2.24) is 0 Å². The van der Waals surface area contributed by atoms with E-state index in [-0.39, 0.29) is 18.0 Å². The van der Waals surface area contributed by atoms with E-state index >= 15 is 0 Å². The molecular weight excluding hydrogens is 456 g/mol. The number of nitrogens with one attached hydrogen (secondary N) is 1. The smallest absolute Gasteiger partial charge is 0.344 e. The Morgan fingerprint density at radius 2 is 1.87 bits per heavy atom. The van der Waals surface area contributed by atoms with Gasteiger partial charge in [0, 0.05) is 12.1 Å². The van der Waals surface area contributed by atoms with E-state index in [2.05, 4.69) is 21.2 Å². The molecule has 0 spiro atoms. The summed E-state index contributed by atoms with van der Waals surface area (Å²) in [5.41, 5.74) is 0.772. The standard InChI is InChI=1S/C21H17BrN2O6/c1-13-6-8-15(24(27)28)10-17(13)23-19(25)11-30-20(26)12-29-18-9-7-14-4-2-3-5-16(14)21(18)22/h2-10H,11-12H2,1H3,(H,23,25). The first-order valence-corrected chi connectivity index (χ1v) is 9.65. The zero-order valence-electron chi connectivity index (χ0n) is 15.9. The zero-order chi connectivity index (χ0) is 21.7. The number of fused-ring (bicyclic) bond motifs is 1. The molecule has 3 aromatic carbocycles. The number of ether oxygens (including phenoxy) is 2. The number of halogens is 1. The van der Waals surface area contributed by atoms with Crippen molar-refractivity contribution < 1.29 is 24.0 Å². The summed E-state index contributed by atoms with van der Waals surface area (Å²) < 4.78 is 11.1. The number of benzene rings is 3. The summed E-state index contributed by atoms with van der Waals surface area (Å²) in [6, 6.07) is 15.4. The summed E-state index contributed by atoms with van der Waals surface area (Å²) in [4.78, 5) is 34.2. The summed E-state index contributed by atoms with van der Waals surface area (Å²) >= 11 is 3.46. The summed E-state index contributed by atoms with van der Waals surface area (Å²) in [6.45, 7) is 0.782. The van der Waals surface area contributed by atoms with Gasteiger partial charge in [0.15, 0.2) is 13.2 Å². The minimum Gasteiger partial charge on any atom is -0.481 e. The Labute approximate surface area is 180 Å². The van der Waals surface area contributed by atoms with E-state index < -0.39 is 23.4 Å². The number of aryl methyl sites for hydroxylation is 1. The number of hydrogen-bond acceptors (Lipinski definition) is 6. The molecule has 0 aliphatic rings. The second-order valence-corrected chi connectivity index (χ2v) is 7.15. The van der Waals surface area contributed by atoms with Crippen LogP contribution >= 0.6 is 15.9 Å². The van der Waals surface area contributed by atoms with Gasteiger partial charge in [0.2, 0.25) is 0 Å². The van der Waals surface area contributed by atoms with E-state index in [1.165, 1.54) is 18.2 Å². The van der Waals surface area contributed by atoms with Crippen LogP contribution in [-0.2, 0) is 14.3 Å². The third-order valence-electron chi connectivity index (χ3n) is 4.24. The number of hydrogen-bond donors (Lipinski definition) is 1. The van der Waals surface area contributed by atoms with E-state index in [4.69, 9.17) is 9.47 Å². The molecule has 0 fully saturated rings. The fourth-order valence-corrected chi connectivity index (χ4v) is 3.30. The highest BCUT2D eigenvalue weighted by Crippen LogP contribution is 2.33. The van der Waals surface area contributed by atoms with Crippen molar-refractivity contribution in [2.24, 2.45) is 0 Å². The zero-order valence-corrected chi connectivity index (χ0v) is 17.5. The van der Waals surface area contributed by atoms with Crippen molar-refractivity contribution in [3.63, 3.8) is 0 Å². The van der Waals surface area contributed by atoms with Crippen molar-refractivity contribution in [2.75, 3.05) is 18.5 Å². The van der Waals surface area contributed by atoms with E-state index in [0.29, 0.717) is 15.8 Å². The second kappa shape index (κ2) is 9.36. The minimum atomic E-state index is -0.721. The number of rotatable bonds is 7. The molecule has 0 heterocycles. The molecule has 0 atom stereocenters. The SMILES string of the molecule is Cc1ccc([N+](=O)[O-])cc1NC(=O)COC(=O)COc1ccc2ccccc2c1Br. The molecule has 0 bridgehead atoms. The molecule has 30 heavy (non-hydrogen) atoms. The first kappa shape index (κ1) is 21.3. The molecular formula is C21H17BrN2O6. The van der Waals surface area contributed by atoms with Gasteiger partial charge in [-0.1, -0.05) is 36.4 Å². The van der Waals surface area contributed by atoms with Crippen molar-refractivity contribution in [3.8, 4) is 5.75 Å². The summed E-state index contributed by atoms with van der Waals surface area (Å²) in [7, 11) is 0. The van der Waals surface area contributed by atoms with Crippen molar-refractivity contribution in [1.29, 1.82) is 0 Å². The lowest BCUT2D eigenvalue weighted by atomic mass is 10.1. The molecule has 9 heteroatoms. The maximum absolute atomic E-state index is 12.0. The van der Waals surface area contributed by atoms with Crippen LogP contribution in [-0.4, -0.2) is 30.0 Å². The number of nitrogens with zero attached hydrogens (tertiary/aromatic N) is 1. The van der Waals surface area contributed by atoms with Crippen LogP contribution in [0.25, 0.3) is 10.8 Å². The highest BCUT2D eigenvalue weighted by molar-refractivity contribution is 9.10. The summed E-state index contributed by atoms with van der Waals surface area (Å²) in [6.07, 6.45) is 0. The molecule has 0 aliphatic carbocycles. The Balaban J connectivity index is 1.53. The molecule has 154 valence electrons. The largest absolute Gasteiger partial charge is 0.481 e. The second-order valence-electron chi connectivity index (χ2n) is 6.35. The molecule has 0 aromatic heterocycles. The first-order valence-electron chi connectivity index (χ1n) is 8.85. The number of carbonyl (C=O) groups excluding carboxylic acids is 2. The lowest BCUT2D eigenvalue weighted by molar-refractivity contribution is -0.384. The van der Waals surface area contributed by atoms with Gasteiger partial charge in [-0.2, -0.15) is 0 Å². The normalized spacial score (nSPS) is 10.5. The summed E-state index contributed by atoms with van der Waals surface area (Å²) in [5, 5.41) is 15.3. The number of esters is 1. The number of nitro groups is 1. The quantitative estimate of drug-likeness (QED) is 0.310. The van der Waals surface area contributed by atoms with Gasteiger partial charge in [0.05, 0.1) is 15.1 Å². The van der Waals surface area contributed by atoms with E-state index in [1.54, 1.807) is 13.0 Å². The molecule has 3 rings (SSSR count). The first-order chi connectivity index (χ1) is 14.3. The number of nitro benzene ring substituents is 1. The molecule has 8 nitrogen and oxygen atoms in total. The van der Waals surface area contributed by atoms with Crippen LogP contribution in [0, 0.1) is 17.0 Å². The average molecular weight is 473 g/mol. The van der Waals surface area contributed by atoms with Crippen molar-refractivity contribution in [2.45, 2.75) is 6.92 Å². The molecule has 0 saturated heterocycles. The van der Waals surface area contributed by atoms with Crippen LogP contribution in [0.1, 0.15) is 5.56 Å². The van der Waals surface area contributed by atoms with Crippen molar-refractivity contribution >= 4 is 50.0 Å². The van der Waals surface area contributed by atoms with Gasteiger partial charge >= 0.3 is 5.97 Å². The number of carbonyl (C=O) groups is 2. The summed E-state index contributed by atoms with van der Waals surface area (Å²) in [5.74, 6) is -0.859. The molecule has 0 saturated carbocycles.